The Kier molecular flexibility index (Phi) is 5.40. The molecule has 0 fully saturated rings. The van der Waals surface area contributed by atoms with Crippen LogP contribution in [0.1, 0.15) is 5.56 Å². The second-order valence-corrected chi connectivity index (χ2v) is 7.63. The molecule has 0 saturated heterocycles. The van der Waals surface area contributed by atoms with Gasteiger partial charge in [-0.25, -0.2) is 4.98 Å². The highest BCUT2D eigenvalue weighted by Crippen LogP contribution is 2.32. The van der Waals surface area contributed by atoms with Crippen molar-refractivity contribution in [2.75, 3.05) is 11.9 Å². The van der Waals surface area contributed by atoms with Crippen LogP contribution in [0.15, 0.2) is 66.7 Å². The van der Waals surface area contributed by atoms with Gasteiger partial charge in [0.25, 0.3) is 11.6 Å². The molecule has 0 aliphatic rings. The fourth-order valence-corrected chi connectivity index (χ4v) is 3.89. The summed E-state index contributed by atoms with van der Waals surface area (Å²) in [6.45, 7) is 1.72. The summed E-state index contributed by atoms with van der Waals surface area (Å²) in [7, 11) is 0. The molecule has 0 unspecified atom stereocenters. The Morgan fingerprint density at radius 2 is 1.90 bits per heavy atom. The van der Waals surface area contributed by atoms with E-state index in [0.717, 1.165) is 26.4 Å². The number of non-ortho nitro benzene ring substituents is 1. The van der Waals surface area contributed by atoms with E-state index in [4.69, 9.17) is 4.74 Å². The smallest absolute Gasteiger partial charge is 0.269 e. The van der Waals surface area contributed by atoms with Gasteiger partial charge in [-0.1, -0.05) is 12.1 Å². The van der Waals surface area contributed by atoms with Crippen LogP contribution in [-0.2, 0) is 4.79 Å². The van der Waals surface area contributed by atoms with Crippen molar-refractivity contribution in [2.24, 2.45) is 0 Å². The summed E-state index contributed by atoms with van der Waals surface area (Å²) >= 11 is 1.63. The molecule has 0 spiro atoms. The van der Waals surface area contributed by atoms with Crippen LogP contribution < -0.4 is 10.1 Å². The van der Waals surface area contributed by atoms with E-state index in [9.17, 15) is 14.9 Å². The quantitative estimate of drug-likeness (QED) is 0.342. The maximum absolute atomic E-state index is 12.2. The van der Waals surface area contributed by atoms with Gasteiger partial charge in [-0.15, -0.1) is 11.3 Å². The third-order valence-electron chi connectivity index (χ3n) is 4.46. The number of anilines is 1. The van der Waals surface area contributed by atoms with E-state index in [1.165, 1.54) is 24.3 Å². The third-order valence-corrected chi connectivity index (χ3v) is 5.54. The minimum Gasteiger partial charge on any atom is -0.484 e. The predicted octanol–water partition coefficient (Wildman–Crippen LogP) is 5.20. The zero-order valence-electron chi connectivity index (χ0n) is 16.0. The molecule has 0 aliphatic heterocycles. The number of nitro benzene ring substituents is 1. The largest absolute Gasteiger partial charge is 0.484 e. The molecule has 4 rings (SSSR count). The first kappa shape index (κ1) is 19.5. The standard InChI is InChI=1S/C22H17N3O4S/c1-14-12-15(22-24-19-4-2-3-5-20(19)30-22)6-11-18(14)23-21(26)13-29-17-9-7-16(8-10-17)25(27)28/h2-12H,13H2,1H3,(H,23,26). The molecule has 7 nitrogen and oxygen atoms in total. The van der Waals surface area contributed by atoms with Crippen molar-refractivity contribution in [3.05, 3.63) is 82.4 Å². The molecule has 0 radical (unpaired) electrons. The van der Waals surface area contributed by atoms with Gasteiger partial charge in [-0.05, 0) is 55.0 Å². The monoisotopic (exact) mass is 419 g/mol. The summed E-state index contributed by atoms with van der Waals surface area (Å²) in [4.78, 5) is 27.1. The minimum atomic E-state index is -0.489. The Labute approximate surface area is 176 Å². The fourth-order valence-electron chi connectivity index (χ4n) is 2.93. The van der Waals surface area contributed by atoms with Crippen molar-refractivity contribution in [1.29, 1.82) is 0 Å². The highest BCUT2D eigenvalue weighted by Gasteiger charge is 2.11. The van der Waals surface area contributed by atoms with Gasteiger partial charge in [0.05, 0.1) is 15.1 Å². The van der Waals surface area contributed by atoms with Gasteiger partial charge in [-0.3, -0.25) is 14.9 Å². The Bertz CT molecular complexity index is 1200. The minimum absolute atomic E-state index is 0.0318. The number of aromatic nitrogens is 1. The molecule has 0 atom stereocenters. The number of thiazole rings is 1. The summed E-state index contributed by atoms with van der Waals surface area (Å²) in [5.74, 6) is 0.0721. The second kappa shape index (κ2) is 8.30. The van der Waals surface area contributed by atoms with Crippen LogP contribution in [0, 0.1) is 17.0 Å². The van der Waals surface area contributed by atoms with Crippen LogP contribution in [0.3, 0.4) is 0 Å². The maximum atomic E-state index is 12.2. The Morgan fingerprint density at radius 1 is 1.13 bits per heavy atom. The first-order valence-corrected chi connectivity index (χ1v) is 9.95. The highest BCUT2D eigenvalue weighted by atomic mass is 32.1. The lowest BCUT2D eigenvalue weighted by molar-refractivity contribution is -0.384. The second-order valence-electron chi connectivity index (χ2n) is 6.60. The highest BCUT2D eigenvalue weighted by molar-refractivity contribution is 7.21. The zero-order valence-corrected chi connectivity index (χ0v) is 16.8. The van der Waals surface area contributed by atoms with E-state index in [0.29, 0.717) is 11.4 Å². The maximum Gasteiger partial charge on any atom is 0.269 e. The summed E-state index contributed by atoms with van der Waals surface area (Å²) in [5.41, 5.74) is 3.54. The summed E-state index contributed by atoms with van der Waals surface area (Å²) in [5, 5.41) is 14.4. The number of rotatable bonds is 6. The van der Waals surface area contributed by atoms with Crippen LogP contribution in [-0.4, -0.2) is 22.4 Å². The van der Waals surface area contributed by atoms with Gasteiger partial charge in [0.2, 0.25) is 0 Å². The Balaban J connectivity index is 1.40. The molecule has 1 aromatic heterocycles. The van der Waals surface area contributed by atoms with Crippen molar-refractivity contribution in [3.63, 3.8) is 0 Å². The molecule has 1 amide bonds. The molecule has 8 heteroatoms. The van der Waals surface area contributed by atoms with Crippen molar-refractivity contribution in [3.8, 4) is 16.3 Å². The van der Waals surface area contributed by atoms with Crippen molar-refractivity contribution in [2.45, 2.75) is 6.92 Å². The van der Waals surface area contributed by atoms with Crippen molar-refractivity contribution in [1.82, 2.24) is 4.98 Å². The normalized spacial score (nSPS) is 10.7. The van der Waals surface area contributed by atoms with Crippen LogP contribution in [0.2, 0.25) is 0 Å². The lowest BCUT2D eigenvalue weighted by atomic mass is 10.1. The van der Waals surface area contributed by atoms with Crippen LogP contribution >= 0.6 is 11.3 Å². The number of hydrogen-bond donors (Lipinski definition) is 1. The molecule has 150 valence electrons. The molecule has 1 N–H and O–H groups in total. The Morgan fingerprint density at radius 3 is 2.60 bits per heavy atom. The topological polar surface area (TPSA) is 94.4 Å². The van der Waals surface area contributed by atoms with E-state index >= 15 is 0 Å². The number of nitrogens with one attached hydrogen (secondary N) is 1. The lowest BCUT2D eigenvalue weighted by Gasteiger charge is -2.10. The van der Waals surface area contributed by atoms with Gasteiger partial charge >= 0.3 is 0 Å². The molecule has 3 aromatic carbocycles. The molecular formula is C22H17N3O4S. The van der Waals surface area contributed by atoms with Crippen LogP contribution in [0.5, 0.6) is 5.75 Å². The lowest BCUT2D eigenvalue weighted by Crippen LogP contribution is -2.20. The van der Waals surface area contributed by atoms with E-state index in [1.807, 2.05) is 49.4 Å². The number of hydrogen-bond acceptors (Lipinski definition) is 6. The molecular weight excluding hydrogens is 402 g/mol. The van der Waals surface area contributed by atoms with Crippen LogP contribution in [0.4, 0.5) is 11.4 Å². The van der Waals surface area contributed by atoms with Crippen molar-refractivity contribution < 1.29 is 14.5 Å². The number of nitro groups is 1. The van der Waals surface area contributed by atoms with Gasteiger partial charge in [0, 0.05) is 23.4 Å². The van der Waals surface area contributed by atoms with Gasteiger partial charge in [0.15, 0.2) is 6.61 Å². The van der Waals surface area contributed by atoms with E-state index in [-0.39, 0.29) is 18.2 Å². The number of ether oxygens (including phenoxy) is 1. The summed E-state index contributed by atoms with van der Waals surface area (Å²) < 4.78 is 6.53. The van der Waals surface area contributed by atoms with Crippen LogP contribution in [0.25, 0.3) is 20.8 Å². The van der Waals surface area contributed by atoms with Gasteiger partial charge in [-0.2, -0.15) is 0 Å². The van der Waals surface area contributed by atoms with Gasteiger partial charge in [0.1, 0.15) is 10.8 Å². The molecule has 1 heterocycles. The summed E-state index contributed by atoms with van der Waals surface area (Å²) in [6.07, 6.45) is 0. The van der Waals surface area contributed by atoms with E-state index in [2.05, 4.69) is 10.3 Å². The van der Waals surface area contributed by atoms with E-state index < -0.39 is 4.92 Å². The fraction of sp³-hybridized carbons (Fsp3) is 0.0909. The first-order chi connectivity index (χ1) is 14.5. The molecule has 4 aromatic rings. The average molecular weight is 419 g/mol. The Hall–Kier alpha value is -3.78. The number of carbonyl (C=O) groups is 1. The molecule has 0 bridgehead atoms. The average Bonchev–Trinajstić information content (AvgIpc) is 3.18. The SMILES string of the molecule is Cc1cc(-c2nc3ccccc3s2)ccc1NC(=O)COc1ccc([N+](=O)[O-])cc1. The number of nitrogens with zero attached hydrogens (tertiary/aromatic N) is 2. The third kappa shape index (κ3) is 4.28. The molecule has 0 aliphatic carbocycles. The molecule has 0 saturated carbocycles. The first-order valence-electron chi connectivity index (χ1n) is 9.13. The van der Waals surface area contributed by atoms with E-state index in [1.54, 1.807) is 11.3 Å². The van der Waals surface area contributed by atoms with Crippen molar-refractivity contribution >= 4 is 38.8 Å². The molecule has 30 heavy (non-hydrogen) atoms. The number of para-hydroxylation sites is 1. The predicted molar refractivity (Wildman–Crippen MR) is 117 cm³/mol. The number of carbonyl (C=O) groups excluding carboxylic acids is 1. The number of aryl methyl sites for hydroxylation is 1. The number of benzene rings is 3. The summed E-state index contributed by atoms with van der Waals surface area (Å²) in [6, 6.07) is 19.3. The number of fused-ring (bicyclic) bond motifs is 1. The number of amides is 1. The zero-order chi connectivity index (χ0) is 21.1. The van der Waals surface area contributed by atoms with Gasteiger partial charge < -0.3 is 10.1 Å².